The zero-order valence-electron chi connectivity index (χ0n) is 17.1. The topological polar surface area (TPSA) is 12.5 Å². The molecule has 0 unspecified atom stereocenters. The number of hydrogen-bond acceptors (Lipinski definition) is 2. The van der Waals surface area contributed by atoms with Crippen molar-refractivity contribution in [3.8, 4) is 5.75 Å². The van der Waals surface area contributed by atoms with E-state index in [1.807, 2.05) is 0 Å². The predicted octanol–water partition coefficient (Wildman–Crippen LogP) is 6.27. The molecule has 2 aromatic carbocycles. The molecule has 0 aromatic heterocycles. The van der Waals surface area contributed by atoms with Crippen LogP contribution >= 0.6 is 15.9 Å². The highest BCUT2D eigenvalue weighted by Crippen LogP contribution is 2.56. The van der Waals surface area contributed by atoms with E-state index in [2.05, 4.69) is 75.9 Å². The summed E-state index contributed by atoms with van der Waals surface area (Å²) in [5, 5.41) is 0. The number of piperidine rings is 1. The van der Waals surface area contributed by atoms with E-state index in [-0.39, 0.29) is 0 Å². The van der Waals surface area contributed by atoms with Crippen LogP contribution in [0.2, 0.25) is 0 Å². The first-order valence-corrected chi connectivity index (χ1v) is 11.8. The van der Waals surface area contributed by atoms with E-state index in [4.69, 9.17) is 4.74 Å². The number of ether oxygens (including phenoxy) is 1. The molecule has 0 N–H and O–H groups in total. The standard InChI is InChI=1S/C26H30BrNO/c1-2-14-28-15-13-26-12-4-3-5-23(26)25(28)16-20-8-11-22(17-24(20)26)29-18-19-6-9-21(27)10-7-19/h2,6-11,17,23,25H,1,3-5,12-16,18H2/t23-,25+,26+/m0/s1. The molecule has 2 aliphatic carbocycles. The highest BCUT2D eigenvalue weighted by atomic mass is 79.9. The van der Waals surface area contributed by atoms with E-state index >= 15 is 0 Å². The Kier molecular flexibility index (Phi) is 5.30. The Bertz CT molecular complexity index is 892. The summed E-state index contributed by atoms with van der Waals surface area (Å²) in [5.41, 5.74) is 4.73. The van der Waals surface area contributed by atoms with Gasteiger partial charge in [-0.2, -0.15) is 0 Å². The molecule has 1 aliphatic heterocycles. The van der Waals surface area contributed by atoms with E-state index < -0.39 is 0 Å². The van der Waals surface area contributed by atoms with Crippen molar-refractivity contribution >= 4 is 15.9 Å². The molecule has 3 atom stereocenters. The van der Waals surface area contributed by atoms with E-state index in [0.717, 1.165) is 22.7 Å². The number of nitrogens with zero attached hydrogens (tertiary/aromatic N) is 1. The van der Waals surface area contributed by atoms with Crippen LogP contribution in [-0.4, -0.2) is 24.0 Å². The number of likely N-dealkylation sites (tertiary alicyclic amines) is 1. The van der Waals surface area contributed by atoms with Gasteiger partial charge in [0, 0.05) is 22.5 Å². The van der Waals surface area contributed by atoms with Crippen LogP contribution in [0.25, 0.3) is 0 Å². The lowest BCUT2D eigenvalue weighted by Crippen LogP contribution is -2.60. The molecule has 0 amide bonds. The lowest BCUT2D eigenvalue weighted by molar-refractivity contribution is -0.00521. The van der Waals surface area contributed by atoms with Crippen LogP contribution in [0.4, 0.5) is 0 Å². The van der Waals surface area contributed by atoms with Gasteiger partial charge in [-0.3, -0.25) is 4.90 Å². The number of halogens is 1. The van der Waals surface area contributed by atoms with Crippen LogP contribution in [-0.2, 0) is 18.4 Å². The van der Waals surface area contributed by atoms with Gasteiger partial charge in [-0.1, -0.05) is 53.0 Å². The third kappa shape index (κ3) is 3.47. The molecule has 152 valence electrons. The molecule has 1 saturated heterocycles. The molecule has 5 rings (SSSR count). The minimum Gasteiger partial charge on any atom is -0.489 e. The van der Waals surface area contributed by atoms with Crippen molar-refractivity contribution in [2.24, 2.45) is 5.92 Å². The third-order valence-corrected chi connectivity index (χ3v) is 8.13. The maximum Gasteiger partial charge on any atom is 0.120 e. The predicted molar refractivity (Wildman–Crippen MR) is 122 cm³/mol. The van der Waals surface area contributed by atoms with Crippen molar-refractivity contribution in [3.05, 3.63) is 76.3 Å². The summed E-state index contributed by atoms with van der Waals surface area (Å²) in [6.45, 7) is 6.87. The zero-order valence-corrected chi connectivity index (χ0v) is 18.7. The summed E-state index contributed by atoms with van der Waals surface area (Å²) in [5.74, 6) is 1.82. The first kappa shape index (κ1) is 19.4. The second-order valence-electron chi connectivity index (χ2n) is 9.05. The van der Waals surface area contributed by atoms with E-state index in [1.54, 1.807) is 11.1 Å². The summed E-state index contributed by atoms with van der Waals surface area (Å²) in [6, 6.07) is 16.0. The van der Waals surface area contributed by atoms with Gasteiger partial charge in [0.1, 0.15) is 12.4 Å². The fourth-order valence-corrected chi connectivity index (χ4v) is 6.56. The molecule has 2 bridgehead atoms. The fraction of sp³-hybridized carbons (Fsp3) is 0.462. The Morgan fingerprint density at radius 3 is 2.83 bits per heavy atom. The third-order valence-electron chi connectivity index (χ3n) is 7.61. The van der Waals surface area contributed by atoms with Gasteiger partial charge in [-0.25, -0.2) is 0 Å². The second kappa shape index (κ2) is 7.92. The number of benzene rings is 2. The summed E-state index contributed by atoms with van der Waals surface area (Å²) in [6.07, 6.45) is 10.0. The van der Waals surface area contributed by atoms with Gasteiger partial charge in [0.25, 0.3) is 0 Å². The average Bonchev–Trinajstić information content (AvgIpc) is 2.75. The summed E-state index contributed by atoms with van der Waals surface area (Å²) >= 11 is 3.50. The molecule has 0 radical (unpaired) electrons. The van der Waals surface area contributed by atoms with Crippen molar-refractivity contribution in [2.75, 3.05) is 13.1 Å². The minimum absolute atomic E-state index is 0.366. The highest BCUT2D eigenvalue weighted by molar-refractivity contribution is 9.10. The first-order valence-electron chi connectivity index (χ1n) is 11.1. The highest BCUT2D eigenvalue weighted by Gasteiger charge is 2.53. The van der Waals surface area contributed by atoms with Crippen LogP contribution in [0.5, 0.6) is 5.75 Å². The molecule has 0 spiro atoms. The van der Waals surface area contributed by atoms with Crippen molar-refractivity contribution in [2.45, 2.75) is 56.6 Å². The van der Waals surface area contributed by atoms with Crippen LogP contribution in [0, 0.1) is 5.92 Å². The zero-order chi connectivity index (χ0) is 19.8. The van der Waals surface area contributed by atoms with Gasteiger partial charge in [0.15, 0.2) is 0 Å². The molecule has 1 saturated carbocycles. The van der Waals surface area contributed by atoms with Crippen molar-refractivity contribution in [3.63, 3.8) is 0 Å². The molecule has 1 heterocycles. The van der Waals surface area contributed by atoms with Gasteiger partial charge in [0.2, 0.25) is 0 Å². The molecular weight excluding hydrogens is 422 g/mol. The minimum atomic E-state index is 0.366. The smallest absolute Gasteiger partial charge is 0.120 e. The van der Waals surface area contributed by atoms with E-state index in [0.29, 0.717) is 18.1 Å². The van der Waals surface area contributed by atoms with Crippen LogP contribution in [0.1, 0.15) is 48.8 Å². The van der Waals surface area contributed by atoms with Crippen LogP contribution in [0.15, 0.2) is 59.6 Å². The largest absolute Gasteiger partial charge is 0.489 e. The Morgan fingerprint density at radius 1 is 1.14 bits per heavy atom. The number of hydrogen-bond donors (Lipinski definition) is 0. The SMILES string of the molecule is C=CCN1CC[C@]23CCCC[C@H]2[C@H]1Cc1ccc(OCc2ccc(Br)cc2)cc13. The lowest BCUT2D eigenvalue weighted by atomic mass is 9.52. The van der Waals surface area contributed by atoms with Crippen molar-refractivity contribution in [1.82, 2.24) is 4.90 Å². The molecule has 2 fully saturated rings. The number of rotatable bonds is 5. The molecule has 3 heteroatoms. The first-order chi connectivity index (χ1) is 14.2. The monoisotopic (exact) mass is 451 g/mol. The molecular formula is C26H30BrNO. The van der Waals surface area contributed by atoms with Gasteiger partial charge >= 0.3 is 0 Å². The number of fused-ring (bicyclic) bond motifs is 1. The Morgan fingerprint density at radius 2 is 2.00 bits per heavy atom. The Labute approximate surface area is 183 Å². The Balaban J connectivity index is 1.44. The van der Waals surface area contributed by atoms with Crippen molar-refractivity contribution < 1.29 is 4.74 Å². The fourth-order valence-electron chi connectivity index (χ4n) is 6.29. The summed E-state index contributed by atoms with van der Waals surface area (Å²) in [7, 11) is 0. The average molecular weight is 452 g/mol. The summed E-state index contributed by atoms with van der Waals surface area (Å²) in [4.78, 5) is 2.70. The lowest BCUT2D eigenvalue weighted by Gasteiger charge is -2.59. The quantitative estimate of drug-likeness (QED) is 0.496. The van der Waals surface area contributed by atoms with Crippen LogP contribution < -0.4 is 4.74 Å². The van der Waals surface area contributed by atoms with Gasteiger partial charge in [0.05, 0.1) is 0 Å². The van der Waals surface area contributed by atoms with E-state index in [9.17, 15) is 0 Å². The molecule has 2 nitrogen and oxygen atoms in total. The van der Waals surface area contributed by atoms with Crippen molar-refractivity contribution in [1.29, 1.82) is 0 Å². The van der Waals surface area contributed by atoms with Gasteiger partial charge < -0.3 is 4.74 Å². The normalized spacial score (nSPS) is 28.3. The molecule has 29 heavy (non-hydrogen) atoms. The molecule has 2 aromatic rings. The van der Waals surface area contributed by atoms with Crippen LogP contribution in [0.3, 0.4) is 0 Å². The van der Waals surface area contributed by atoms with E-state index in [1.165, 1.54) is 50.6 Å². The second-order valence-corrected chi connectivity index (χ2v) is 9.96. The maximum absolute atomic E-state index is 6.23. The molecule has 3 aliphatic rings. The van der Waals surface area contributed by atoms with Gasteiger partial charge in [-0.05, 0) is 79.1 Å². The summed E-state index contributed by atoms with van der Waals surface area (Å²) < 4.78 is 7.34. The van der Waals surface area contributed by atoms with Gasteiger partial charge in [-0.15, -0.1) is 6.58 Å². The Hall–Kier alpha value is -1.58. The maximum atomic E-state index is 6.23.